The Balaban J connectivity index is 2.16. The van der Waals surface area contributed by atoms with Gasteiger partial charge >= 0.3 is 0 Å². The molecule has 0 atom stereocenters. The molecule has 12 heavy (non-hydrogen) atoms. The molecule has 0 saturated heterocycles. The zero-order valence-corrected chi connectivity index (χ0v) is 7.64. The number of carbonyl (C=O) groups is 2. The zero-order chi connectivity index (χ0) is 8.98. The molecule has 0 N–H and O–H groups in total. The predicted octanol–water partition coefficient (Wildman–Crippen LogP) is 1.72. The Hall–Kier alpha value is -0.660. The largest absolute Gasteiger partial charge is 0.299 e. The van der Waals surface area contributed by atoms with Gasteiger partial charge in [0.15, 0.2) is 0 Å². The van der Waals surface area contributed by atoms with Crippen LogP contribution in [0.25, 0.3) is 0 Å². The first-order valence-electron chi connectivity index (χ1n) is 4.49. The van der Waals surface area contributed by atoms with Gasteiger partial charge in [-0.2, -0.15) is 0 Å². The molecule has 2 heteroatoms. The molecular formula is C10H14O2. The second-order valence-corrected chi connectivity index (χ2v) is 5.11. The van der Waals surface area contributed by atoms with Crippen molar-refractivity contribution in [1.82, 2.24) is 0 Å². The molecule has 2 nitrogen and oxygen atoms in total. The lowest BCUT2D eigenvalue weighted by molar-refractivity contribution is -0.137. The van der Waals surface area contributed by atoms with Crippen molar-refractivity contribution in [2.24, 2.45) is 10.8 Å². The van der Waals surface area contributed by atoms with Crippen LogP contribution < -0.4 is 0 Å². The van der Waals surface area contributed by atoms with E-state index in [2.05, 4.69) is 13.8 Å². The van der Waals surface area contributed by atoms with Gasteiger partial charge in [-0.3, -0.25) is 9.59 Å². The van der Waals surface area contributed by atoms with E-state index in [0.717, 1.165) is 12.8 Å². The highest BCUT2D eigenvalue weighted by Gasteiger charge is 2.57. The van der Waals surface area contributed by atoms with Crippen molar-refractivity contribution in [3.8, 4) is 0 Å². The third-order valence-corrected chi connectivity index (χ3v) is 3.12. The standard InChI is InChI=1S/C10H14O2/c1-9(2)5-10(6-9)4-7(11)3-8(10)12/h3-6H2,1-2H3. The van der Waals surface area contributed by atoms with Crippen molar-refractivity contribution in [3.63, 3.8) is 0 Å². The molecule has 0 radical (unpaired) electrons. The monoisotopic (exact) mass is 166 g/mol. The Morgan fingerprint density at radius 2 is 1.75 bits per heavy atom. The van der Waals surface area contributed by atoms with Gasteiger partial charge < -0.3 is 0 Å². The first-order valence-corrected chi connectivity index (χ1v) is 4.49. The maximum absolute atomic E-state index is 11.5. The van der Waals surface area contributed by atoms with E-state index in [0.29, 0.717) is 11.8 Å². The van der Waals surface area contributed by atoms with Gasteiger partial charge in [-0.1, -0.05) is 13.8 Å². The van der Waals surface area contributed by atoms with Gasteiger partial charge in [0.25, 0.3) is 0 Å². The number of hydrogen-bond donors (Lipinski definition) is 0. The lowest BCUT2D eigenvalue weighted by Crippen LogP contribution is -2.45. The van der Waals surface area contributed by atoms with E-state index in [1.54, 1.807) is 0 Å². The molecule has 66 valence electrons. The number of carbonyl (C=O) groups excluding carboxylic acids is 2. The molecule has 2 rings (SSSR count). The van der Waals surface area contributed by atoms with Gasteiger partial charge in [-0.25, -0.2) is 0 Å². The van der Waals surface area contributed by atoms with Crippen LogP contribution in [0, 0.1) is 10.8 Å². The van der Waals surface area contributed by atoms with Crippen LogP contribution in [-0.2, 0) is 9.59 Å². The molecule has 0 aromatic heterocycles. The molecule has 1 spiro atoms. The van der Waals surface area contributed by atoms with Gasteiger partial charge in [-0.05, 0) is 18.3 Å². The van der Waals surface area contributed by atoms with E-state index in [4.69, 9.17) is 0 Å². The van der Waals surface area contributed by atoms with Crippen LogP contribution in [-0.4, -0.2) is 11.6 Å². The Labute approximate surface area is 72.3 Å². The van der Waals surface area contributed by atoms with Crippen LogP contribution >= 0.6 is 0 Å². The van der Waals surface area contributed by atoms with Crippen LogP contribution in [0.4, 0.5) is 0 Å². The number of ketones is 2. The van der Waals surface area contributed by atoms with Gasteiger partial charge in [0, 0.05) is 11.8 Å². The highest BCUT2D eigenvalue weighted by atomic mass is 16.2. The Kier molecular flexibility index (Phi) is 1.31. The fourth-order valence-corrected chi connectivity index (χ4v) is 3.01. The number of hydrogen-bond acceptors (Lipinski definition) is 2. The van der Waals surface area contributed by atoms with Crippen molar-refractivity contribution < 1.29 is 9.59 Å². The third-order valence-electron chi connectivity index (χ3n) is 3.12. The summed E-state index contributed by atoms with van der Waals surface area (Å²) in [6.45, 7) is 4.32. The second kappa shape index (κ2) is 1.98. The van der Waals surface area contributed by atoms with E-state index < -0.39 is 0 Å². The van der Waals surface area contributed by atoms with Gasteiger partial charge in [0.2, 0.25) is 0 Å². The summed E-state index contributed by atoms with van der Waals surface area (Å²) in [5.41, 5.74) is 0.0842. The number of Topliss-reactive ketones (excluding diaryl/α,β-unsaturated/α-hetero) is 2. The minimum absolute atomic E-state index is 0.149. The van der Waals surface area contributed by atoms with Crippen molar-refractivity contribution >= 4 is 11.6 Å². The second-order valence-electron chi connectivity index (χ2n) is 5.11. The molecular weight excluding hydrogens is 152 g/mol. The molecule has 2 aliphatic carbocycles. The van der Waals surface area contributed by atoms with Crippen LogP contribution in [0.2, 0.25) is 0 Å². The summed E-state index contributed by atoms with van der Waals surface area (Å²) >= 11 is 0. The molecule has 0 aliphatic heterocycles. The summed E-state index contributed by atoms with van der Waals surface area (Å²) in [6.07, 6.45) is 2.57. The summed E-state index contributed by atoms with van der Waals surface area (Å²) in [4.78, 5) is 22.5. The average molecular weight is 166 g/mol. The topological polar surface area (TPSA) is 34.1 Å². The molecule has 2 fully saturated rings. The molecule has 0 aromatic carbocycles. The SMILES string of the molecule is CC1(C)CC2(CC(=O)CC2=O)C1. The zero-order valence-electron chi connectivity index (χ0n) is 7.64. The van der Waals surface area contributed by atoms with Crippen molar-refractivity contribution in [2.75, 3.05) is 0 Å². The molecule has 0 aromatic rings. The molecule has 0 amide bonds. The fraction of sp³-hybridized carbons (Fsp3) is 0.800. The molecule has 2 saturated carbocycles. The van der Waals surface area contributed by atoms with E-state index in [-0.39, 0.29) is 23.4 Å². The Morgan fingerprint density at radius 3 is 2.08 bits per heavy atom. The minimum atomic E-state index is -0.208. The summed E-state index contributed by atoms with van der Waals surface area (Å²) in [5, 5.41) is 0. The predicted molar refractivity (Wildman–Crippen MR) is 44.7 cm³/mol. The van der Waals surface area contributed by atoms with E-state index in [9.17, 15) is 9.59 Å². The van der Waals surface area contributed by atoms with Crippen LogP contribution in [0.15, 0.2) is 0 Å². The first kappa shape index (κ1) is 7.96. The molecule has 0 bridgehead atoms. The number of rotatable bonds is 0. The smallest absolute Gasteiger partial charge is 0.146 e. The van der Waals surface area contributed by atoms with Crippen LogP contribution in [0.1, 0.15) is 39.5 Å². The maximum atomic E-state index is 11.5. The van der Waals surface area contributed by atoms with Crippen LogP contribution in [0.5, 0.6) is 0 Å². The summed E-state index contributed by atoms with van der Waals surface area (Å²) in [7, 11) is 0. The van der Waals surface area contributed by atoms with Gasteiger partial charge in [0.1, 0.15) is 11.6 Å². The van der Waals surface area contributed by atoms with E-state index >= 15 is 0 Å². The van der Waals surface area contributed by atoms with Crippen molar-refractivity contribution in [2.45, 2.75) is 39.5 Å². The van der Waals surface area contributed by atoms with E-state index in [1.807, 2.05) is 0 Å². The first-order chi connectivity index (χ1) is 5.44. The van der Waals surface area contributed by atoms with Crippen molar-refractivity contribution in [3.05, 3.63) is 0 Å². The lowest BCUT2D eigenvalue weighted by Gasteiger charge is -2.49. The summed E-state index contributed by atoms with van der Waals surface area (Å²) < 4.78 is 0. The average Bonchev–Trinajstić information content (AvgIpc) is 2.04. The lowest BCUT2D eigenvalue weighted by atomic mass is 9.53. The normalized spacial score (nSPS) is 30.8. The van der Waals surface area contributed by atoms with Gasteiger partial charge in [0.05, 0.1) is 6.42 Å². The Morgan fingerprint density at radius 1 is 1.17 bits per heavy atom. The third kappa shape index (κ3) is 0.936. The summed E-state index contributed by atoms with van der Waals surface area (Å²) in [6, 6.07) is 0. The highest BCUT2D eigenvalue weighted by molar-refractivity contribution is 6.09. The molecule has 0 unspecified atom stereocenters. The molecule has 2 aliphatic rings. The highest BCUT2D eigenvalue weighted by Crippen LogP contribution is 2.59. The van der Waals surface area contributed by atoms with Crippen molar-refractivity contribution in [1.29, 1.82) is 0 Å². The Bertz CT molecular complexity index is 255. The summed E-state index contributed by atoms with van der Waals surface area (Å²) in [5.74, 6) is 0.349. The van der Waals surface area contributed by atoms with Crippen LogP contribution in [0.3, 0.4) is 0 Å². The van der Waals surface area contributed by atoms with E-state index in [1.165, 1.54) is 0 Å². The fourth-order valence-electron chi connectivity index (χ4n) is 3.01. The minimum Gasteiger partial charge on any atom is -0.299 e. The maximum Gasteiger partial charge on any atom is 0.146 e. The molecule has 0 heterocycles. The van der Waals surface area contributed by atoms with Gasteiger partial charge in [-0.15, -0.1) is 0 Å². The quantitative estimate of drug-likeness (QED) is 0.513.